The lowest BCUT2D eigenvalue weighted by atomic mass is 9.98. The molecule has 0 amide bonds. The molecule has 19 heavy (non-hydrogen) atoms. The first-order valence-electron chi connectivity index (χ1n) is 6.98. The summed E-state index contributed by atoms with van der Waals surface area (Å²) in [6.07, 6.45) is 5.23. The minimum absolute atomic E-state index is 0. The Labute approximate surface area is 136 Å². The molecule has 2 rings (SSSR count). The van der Waals surface area contributed by atoms with Crippen molar-refractivity contribution in [3.63, 3.8) is 0 Å². The van der Waals surface area contributed by atoms with E-state index in [1.807, 2.05) is 0 Å². The van der Waals surface area contributed by atoms with Gasteiger partial charge in [0.1, 0.15) is 0 Å². The molecule has 2 bridgehead atoms. The first-order chi connectivity index (χ1) is 7.74. The zero-order chi connectivity index (χ0) is 11.5. The Bertz CT molecular complexity index is 213. The van der Waals surface area contributed by atoms with Gasteiger partial charge in [0.05, 0.1) is 0 Å². The van der Waals surface area contributed by atoms with E-state index >= 15 is 0 Å². The van der Waals surface area contributed by atoms with Crippen molar-refractivity contribution in [3.05, 3.63) is 0 Å². The van der Waals surface area contributed by atoms with Gasteiger partial charge in [0, 0.05) is 31.2 Å². The fourth-order valence-electron chi connectivity index (χ4n) is 3.48. The Morgan fingerprint density at radius 1 is 1.00 bits per heavy atom. The van der Waals surface area contributed by atoms with E-state index in [0.29, 0.717) is 6.04 Å². The van der Waals surface area contributed by atoms with Gasteiger partial charge in [0.25, 0.3) is 0 Å². The van der Waals surface area contributed by atoms with Gasteiger partial charge in [0.15, 0.2) is 0 Å². The average Bonchev–Trinajstić information content (AvgIpc) is 2.53. The van der Waals surface area contributed by atoms with Gasteiger partial charge in [-0.2, -0.15) is 0 Å². The second kappa shape index (κ2) is 10.5. The number of hydrogen-bond acceptors (Lipinski definition) is 3. The number of nitrogens with zero attached hydrogens (tertiary/aromatic N) is 2. The second-order valence-corrected chi connectivity index (χ2v) is 5.38. The predicted molar refractivity (Wildman–Crippen MR) is 90.3 cm³/mol. The van der Waals surface area contributed by atoms with Crippen LogP contribution < -0.4 is 5.73 Å². The molecule has 2 saturated heterocycles. The smallest absolute Gasteiger partial charge is 0.0115 e. The molecule has 2 aliphatic heterocycles. The predicted octanol–water partition coefficient (Wildman–Crippen LogP) is 2.55. The summed E-state index contributed by atoms with van der Waals surface area (Å²) in [5.74, 6) is 0. The summed E-state index contributed by atoms with van der Waals surface area (Å²) >= 11 is 0. The molecule has 6 heteroatoms. The Kier molecular flexibility index (Phi) is 12.1. The first kappa shape index (κ1) is 22.0. The number of hydrogen-bond donors (Lipinski definition) is 1. The third-order valence-electron chi connectivity index (χ3n) is 4.49. The van der Waals surface area contributed by atoms with Crippen LogP contribution in [0.2, 0.25) is 0 Å². The molecule has 2 fully saturated rings. The van der Waals surface area contributed by atoms with Crippen LogP contribution in [0.1, 0.15) is 39.5 Å². The standard InChI is InChI=1S/C13H27N3.3ClH/c1-3-15(4-2)7-8-16-12-5-6-13(16)10-11(14)9-12;;;/h11-13H,3-10,14H2,1-2H3;3*1H. The summed E-state index contributed by atoms with van der Waals surface area (Å²) in [5.41, 5.74) is 6.09. The molecule has 2 unspecified atom stereocenters. The molecule has 0 aromatic heterocycles. The van der Waals surface area contributed by atoms with Crippen molar-refractivity contribution in [2.24, 2.45) is 5.73 Å². The molecule has 2 heterocycles. The number of piperidine rings is 1. The normalized spacial score (nSPS) is 29.4. The highest BCUT2D eigenvalue weighted by atomic mass is 35.5. The van der Waals surface area contributed by atoms with Gasteiger partial charge >= 0.3 is 0 Å². The van der Waals surface area contributed by atoms with E-state index in [1.165, 1.54) is 51.9 Å². The molecular formula is C13H30Cl3N3. The maximum Gasteiger partial charge on any atom is 0.0115 e. The number of nitrogens with two attached hydrogens (primary N) is 1. The molecule has 0 spiro atoms. The lowest BCUT2D eigenvalue weighted by Gasteiger charge is -2.38. The van der Waals surface area contributed by atoms with Crippen molar-refractivity contribution < 1.29 is 0 Å². The summed E-state index contributed by atoms with van der Waals surface area (Å²) < 4.78 is 0. The molecule has 118 valence electrons. The van der Waals surface area contributed by atoms with Gasteiger partial charge < -0.3 is 10.6 Å². The SMILES string of the molecule is CCN(CC)CCN1C2CCC1CC(N)C2.Cl.Cl.Cl. The molecule has 3 nitrogen and oxygen atoms in total. The van der Waals surface area contributed by atoms with Gasteiger partial charge in [-0.15, -0.1) is 37.2 Å². The number of fused-ring (bicyclic) bond motifs is 2. The van der Waals surface area contributed by atoms with E-state index in [9.17, 15) is 0 Å². The quantitative estimate of drug-likeness (QED) is 0.838. The Hall–Kier alpha value is 0.750. The van der Waals surface area contributed by atoms with Gasteiger partial charge in [0.2, 0.25) is 0 Å². The highest BCUT2D eigenvalue weighted by Gasteiger charge is 2.39. The summed E-state index contributed by atoms with van der Waals surface area (Å²) in [7, 11) is 0. The fraction of sp³-hybridized carbons (Fsp3) is 1.00. The van der Waals surface area contributed by atoms with Crippen LogP contribution >= 0.6 is 37.2 Å². The van der Waals surface area contributed by atoms with Gasteiger partial charge in [-0.25, -0.2) is 0 Å². The van der Waals surface area contributed by atoms with Crippen LogP contribution in [-0.4, -0.2) is 54.1 Å². The van der Waals surface area contributed by atoms with Crippen LogP contribution in [0.5, 0.6) is 0 Å². The minimum atomic E-state index is 0. The third-order valence-corrected chi connectivity index (χ3v) is 4.49. The number of halogens is 3. The lowest BCUT2D eigenvalue weighted by Crippen LogP contribution is -2.49. The zero-order valence-corrected chi connectivity index (χ0v) is 14.5. The molecule has 0 aromatic carbocycles. The van der Waals surface area contributed by atoms with E-state index in [4.69, 9.17) is 5.73 Å². The second-order valence-electron chi connectivity index (χ2n) is 5.38. The first-order valence-corrected chi connectivity index (χ1v) is 6.98. The monoisotopic (exact) mass is 333 g/mol. The molecule has 2 N–H and O–H groups in total. The maximum atomic E-state index is 6.09. The van der Waals surface area contributed by atoms with E-state index in [0.717, 1.165) is 12.1 Å². The summed E-state index contributed by atoms with van der Waals surface area (Å²) in [6.45, 7) is 9.35. The molecule has 2 aliphatic rings. The zero-order valence-electron chi connectivity index (χ0n) is 12.1. The Morgan fingerprint density at radius 3 is 1.89 bits per heavy atom. The fourth-order valence-corrected chi connectivity index (χ4v) is 3.48. The van der Waals surface area contributed by atoms with Gasteiger partial charge in [-0.3, -0.25) is 4.90 Å². The Morgan fingerprint density at radius 2 is 1.47 bits per heavy atom. The molecule has 0 aliphatic carbocycles. The molecule has 0 saturated carbocycles. The topological polar surface area (TPSA) is 32.5 Å². The molecule has 0 aromatic rings. The Balaban J connectivity index is 0. The van der Waals surface area contributed by atoms with Crippen molar-refractivity contribution in [2.45, 2.75) is 57.7 Å². The van der Waals surface area contributed by atoms with Crippen molar-refractivity contribution >= 4 is 37.2 Å². The number of likely N-dealkylation sites (N-methyl/N-ethyl adjacent to an activating group) is 1. The van der Waals surface area contributed by atoms with Gasteiger partial charge in [-0.05, 0) is 38.8 Å². The van der Waals surface area contributed by atoms with E-state index in [2.05, 4.69) is 23.6 Å². The molecule has 0 radical (unpaired) electrons. The third kappa shape index (κ3) is 5.56. The van der Waals surface area contributed by atoms with Crippen LogP contribution in [-0.2, 0) is 0 Å². The van der Waals surface area contributed by atoms with Gasteiger partial charge in [-0.1, -0.05) is 13.8 Å². The van der Waals surface area contributed by atoms with Crippen LogP contribution in [0.4, 0.5) is 0 Å². The van der Waals surface area contributed by atoms with Crippen LogP contribution in [0, 0.1) is 0 Å². The van der Waals surface area contributed by atoms with E-state index in [-0.39, 0.29) is 37.2 Å². The van der Waals surface area contributed by atoms with E-state index < -0.39 is 0 Å². The van der Waals surface area contributed by atoms with Crippen molar-refractivity contribution in [3.8, 4) is 0 Å². The number of rotatable bonds is 5. The summed E-state index contributed by atoms with van der Waals surface area (Å²) in [5, 5.41) is 0. The van der Waals surface area contributed by atoms with Crippen molar-refractivity contribution in [1.82, 2.24) is 9.80 Å². The van der Waals surface area contributed by atoms with Crippen LogP contribution in [0.15, 0.2) is 0 Å². The lowest BCUT2D eigenvalue weighted by molar-refractivity contribution is 0.111. The van der Waals surface area contributed by atoms with Crippen molar-refractivity contribution in [2.75, 3.05) is 26.2 Å². The summed E-state index contributed by atoms with van der Waals surface area (Å²) in [4.78, 5) is 5.26. The highest BCUT2D eigenvalue weighted by molar-refractivity contribution is 5.86. The van der Waals surface area contributed by atoms with Crippen LogP contribution in [0.25, 0.3) is 0 Å². The van der Waals surface area contributed by atoms with Crippen molar-refractivity contribution in [1.29, 1.82) is 0 Å². The maximum absolute atomic E-state index is 6.09. The highest BCUT2D eigenvalue weighted by Crippen LogP contribution is 2.34. The minimum Gasteiger partial charge on any atom is -0.328 e. The molecule has 2 atom stereocenters. The average molecular weight is 335 g/mol. The molecular weight excluding hydrogens is 305 g/mol. The van der Waals surface area contributed by atoms with Crippen LogP contribution in [0.3, 0.4) is 0 Å². The van der Waals surface area contributed by atoms with E-state index in [1.54, 1.807) is 0 Å². The summed E-state index contributed by atoms with van der Waals surface area (Å²) in [6, 6.07) is 2.07. The largest absolute Gasteiger partial charge is 0.328 e.